The Bertz CT molecular complexity index is 1110. The van der Waals surface area contributed by atoms with Crippen molar-refractivity contribution in [2.45, 2.75) is 6.54 Å². The molecule has 0 bridgehead atoms. The molecule has 156 valence electrons. The van der Waals surface area contributed by atoms with Crippen molar-refractivity contribution in [3.8, 4) is 0 Å². The summed E-state index contributed by atoms with van der Waals surface area (Å²) in [5.74, 6) is -0.589. The molecule has 0 aliphatic carbocycles. The van der Waals surface area contributed by atoms with Crippen LogP contribution in [0.3, 0.4) is 0 Å². The van der Waals surface area contributed by atoms with E-state index < -0.39 is 0 Å². The minimum atomic E-state index is -0.337. The molecule has 0 spiro atoms. The summed E-state index contributed by atoms with van der Waals surface area (Å²) in [7, 11) is 0. The molecule has 1 N–H and O–H groups in total. The van der Waals surface area contributed by atoms with Gasteiger partial charge in [-0.3, -0.25) is 24.0 Å². The Labute approximate surface area is 183 Å². The molecule has 31 heavy (non-hydrogen) atoms. The molecule has 3 amide bonds. The molecular weight excluding hydrogens is 412 g/mol. The normalized spacial score (nSPS) is 15.0. The average Bonchev–Trinajstić information content (AvgIpc) is 3.38. The SMILES string of the molecule is O=C(NCCN1C(=O)S/C(=C\c2ccccc2)C1=O)c1ccc(Cn2cccn2)cc1. The summed E-state index contributed by atoms with van der Waals surface area (Å²) < 4.78 is 1.80. The lowest BCUT2D eigenvalue weighted by Gasteiger charge is -2.13. The van der Waals surface area contributed by atoms with E-state index in [0.29, 0.717) is 17.0 Å². The topological polar surface area (TPSA) is 84.3 Å². The van der Waals surface area contributed by atoms with Crippen molar-refractivity contribution in [3.05, 3.63) is 94.7 Å². The molecule has 0 atom stereocenters. The number of carbonyl (C=O) groups excluding carboxylic acids is 3. The molecule has 0 saturated carbocycles. The Hall–Kier alpha value is -3.65. The lowest BCUT2D eigenvalue weighted by molar-refractivity contribution is -0.122. The van der Waals surface area contributed by atoms with E-state index in [1.165, 1.54) is 0 Å². The van der Waals surface area contributed by atoms with Gasteiger partial charge in [0.15, 0.2) is 0 Å². The van der Waals surface area contributed by atoms with Crippen LogP contribution in [-0.2, 0) is 11.3 Å². The second kappa shape index (κ2) is 9.44. The molecular formula is C23H20N4O3S. The van der Waals surface area contributed by atoms with E-state index in [4.69, 9.17) is 0 Å². The molecule has 0 radical (unpaired) electrons. The molecule has 1 aliphatic heterocycles. The first-order valence-corrected chi connectivity index (χ1v) is 10.6. The molecule has 4 rings (SSSR count). The van der Waals surface area contributed by atoms with Crippen LogP contribution in [0.5, 0.6) is 0 Å². The van der Waals surface area contributed by atoms with Crippen LogP contribution in [0.2, 0.25) is 0 Å². The van der Waals surface area contributed by atoms with Gasteiger partial charge in [-0.25, -0.2) is 0 Å². The van der Waals surface area contributed by atoms with E-state index in [9.17, 15) is 14.4 Å². The molecule has 1 aromatic heterocycles. The number of carbonyl (C=O) groups is 3. The van der Waals surface area contributed by atoms with Crippen molar-refractivity contribution in [2.75, 3.05) is 13.1 Å². The average molecular weight is 433 g/mol. The second-order valence-electron chi connectivity index (χ2n) is 6.90. The van der Waals surface area contributed by atoms with Gasteiger partial charge in [-0.2, -0.15) is 5.10 Å². The van der Waals surface area contributed by atoms with Gasteiger partial charge in [0, 0.05) is 31.0 Å². The fourth-order valence-corrected chi connectivity index (χ4v) is 3.98. The summed E-state index contributed by atoms with van der Waals surface area (Å²) >= 11 is 0.913. The highest BCUT2D eigenvalue weighted by molar-refractivity contribution is 8.18. The van der Waals surface area contributed by atoms with Crippen molar-refractivity contribution in [2.24, 2.45) is 0 Å². The van der Waals surface area contributed by atoms with Crippen LogP contribution >= 0.6 is 11.8 Å². The van der Waals surface area contributed by atoms with Crippen molar-refractivity contribution in [1.29, 1.82) is 0 Å². The van der Waals surface area contributed by atoms with Gasteiger partial charge in [-0.05, 0) is 47.2 Å². The zero-order valence-corrected chi connectivity index (χ0v) is 17.4. The summed E-state index contributed by atoms with van der Waals surface area (Å²) in [6.07, 6.45) is 5.30. The lowest BCUT2D eigenvalue weighted by atomic mass is 10.1. The number of nitrogens with one attached hydrogen (secondary N) is 1. The number of amides is 3. The number of hydrogen-bond acceptors (Lipinski definition) is 5. The van der Waals surface area contributed by atoms with Crippen molar-refractivity contribution < 1.29 is 14.4 Å². The minimum absolute atomic E-state index is 0.125. The number of hydrogen-bond donors (Lipinski definition) is 1. The fraction of sp³-hybridized carbons (Fsp3) is 0.130. The maximum atomic E-state index is 12.5. The number of nitrogens with zero attached hydrogens (tertiary/aromatic N) is 3. The van der Waals surface area contributed by atoms with E-state index in [0.717, 1.165) is 27.8 Å². The van der Waals surface area contributed by atoms with Crippen molar-refractivity contribution >= 4 is 34.9 Å². The van der Waals surface area contributed by atoms with Crippen LogP contribution in [0.4, 0.5) is 4.79 Å². The quantitative estimate of drug-likeness (QED) is 0.579. The van der Waals surface area contributed by atoms with Crippen molar-refractivity contribution in [1.82, 2.24) is 20.0 Å². The molecule has 8 heteroatoms. The standard InChI is InChI=1S/C23H20N4O3S/c28-21(19-9-7-18(8-10-19)16-26-13-4-11-25-26)24-12-14-27-22(29)20(31-23(27)30)15-17-5-2-1-3-6-17/h1-11,13,15H,12,14,16H2,(H,24,28)/b20-15-. The monoisotopic (exact) mass is 432 g/mol. The Morgan fingerprint density at radius 2 is 1.81 bits per heavy atom. The van der Waals surface area contributed by atoms with Crippen molar-refractivity contribution in [3.63, 3.8) is 0 Å². The van der Waals surface area contributed by atoms with Gasteiger partial charge in [0.25, 0.3) is 17.1 Å². The summed E-state index contributed by atoms with van der Waals surface area (Å²) in [5, 5.41) is 6.60. The van der Waals surface area contributed by atoms with Gasteiger partial charge in [0.05, 0.1) is 11.4 Å². The van der Waals surface area contributed by atoms with Gasteiger partial charge >= 0.3 is 0 Å². The minimum Gasteiger partial charge on any atom is -0.350 e. The predicted molar refractivity (Wildman–Crippen MR) is 119 cm³/mol. The van der Waals surface area contributed by atoms with E-state index in [-0.39, 0.29) is 30.1 Å². The van der Waals surface area contributed by atoms with Gasteiger partial charge < -0.3 is 5.32 Å². The molecule has 2 heterocycles. The molecule has 1 fully saturated rings. The first-order chi connectivity index (χ1) is 15.1. The van der Waals surface area contributed by atoms with Gasteiger partial charge in [-0.15, -0.1) is 0 Å². The fourth-order valence-electron chi connectivity index (χ4n) is 3.12. The van der Waals surface area contributed by atoms with Crippen LogP contribution in [-0.4, -0.2) is 44.8 Å². The highest BCUT2D eigenvalue weighted by Crippen LogP contribution is 2.31. The van der Waals surface area contributed by atoms with Gasteiger partial charge in [0.2, 0.25) is 0 Å². The largest absolute Gasteiger partial charge is 0.350 e. The summed E-state index contributed by atoms with van der Waals surface area (Å²) in [6.45, 7) is 0.940. The Morgan fingerprint density at radius 1 is 1.03 bits per heavy atom. The van der Waals surface area contributed by atoms with Crippen LogP contribution in [0.15, 0.2) is 78.0 Å². The smallest absolute Gasteiger partial charge is 0.293 e. The summed E-state index contributed by atoms with van der Waals surface area (Å²) in [4.78, 5) is 38.7. The van der Waals surface area contributed by atoms with E-state index in [1.54, 1.807) is 29.1 Å². The lowest BCUT2D eigenvalue weighted by Crippen LogP contribution is -2.37. The Morgan fingerprint density at radius 3 is 2.52 bits per heavy atom. The summed E-state index contributed by atoms with van der Waals surface area (Å²) in [5.41, 5.74) is 2.41. The number of benzene rings is 2. The highest BCUT2D eigenvalue weighted by atomic mass is 32.2. The second-order valence-corrected chi connectivity index (χ2v) is 7.89. The first kappa shape index (κ1) is 20.6. The molecule has 0 unspecified atom stereocenters. The first-order valence-electron chi connectivity index (χ1n) is 9.75. The van der Waals surface area contributed by atoms with E-state index >= 15 is 0 Å². The maximum absolute atomic E-state index is 12.5. The third-order valence-electron chi connectivity index (χ3n) is 4.71. The van der Waals surface area contributed by atoms with E-state index in [1.807, 2.05) is 54.7 Å². The molecule has 2 aromatic carbocycles. The predicted octanol–water partition coefficient (Wildman–Crippen LogP) is 3.40. The third-order valence-corrected chi connectivity index (χ3v) is 5.62. The number of imide groups is 1. The summed E-state index contributed by atoms with van der Waals surface area (Å²) in [6, 6.07) is 18.5. The zero-order chi connectivity index (χ0) is 21.6. The molecule has 1 aliphatic rings. The number of thioether (sulfide) groups is 1. The van der Waals surface area contributed by atoms with Gasteiger partial charge in [0.1, 0.15) is 0 Å². The maximum Gasteiger partial charge on any atom is 0.293 e. The van der Waals surface area contributed by atoms with Crippen LogP contribution in [0.1, 0.15) is 21.5 Å². The van der Waals surface area contributed by atoms with Crippen LogP contribution in [0.25, 0.3) is 6.08 Å². The highest BCUT2D eigenvalue weighted by Gasteiger charge is 2.34. The van der Waals surface area contributed by atoms with E-state index in [2.05, 4.69) is 10.4 Å². The Balaban J connectivity index is 1.29. The number of aromatic nitrogens is 2. The third kappa shape index (κ3) is 5.10. The Kier molecular flexibility index (Phi) is 6.28. The van der Waals surface area contributed by atoms with Gasteiger partial charge in [-0.1, -0.05) is 42.5 Å². The molecule has 1 saturated heterocycles. The molecule has 3 aromatic rings. The zero-order valence-electron chi connectivity index (χ0n) is 16.6. The van der Waals surface area contributed by atoms with Crippen LogP contribution < -0.4 is 5.32 Å². The van der Waals surface area contributed by atoms with Crippen LogP contribution in [0, 0.1) is 0 Å². The number of rotatable bonds is 7. The molecule has 7 nitrogen and oxygen atoms in total.